The number of benzene rings is 2. The summed E-state index contributed by atoms with van der Waals surface area (Å²) in [6, 6.07) is 12.9. The number of aromatic nitrogens is 2. The monoisotopic (exact) mass is 654 g/mol. The van der Waals surface area contributed by atoms with Crippen molar-refractivity contribution in [1.82, 2.24) is 35.1 Å². The van der Waals surface area contributed by atoms with Gasteiger partial charge in [0.25, 0.3) is 0 Å². The molecule has 0 saturated carbocycles. The number of likely N-dealkylation sites (tertiary alicyclic amines) is 1. The first-order valence-corrected chi connectivity index (χ1v) is 18.1. The molecule has 256 valence electrons. The number of para-hydroxylation sites is 1. The van der Waals surface area contributed by atoms with Crippen LogP contribution in [0.2, 0.25) is 0 Å². The van der Waals surface area contributed by atoms with Crippen LogP contribution < -0.4 is 10.6 Å². The third kappa shape index (κ3) is 7.08. The number of H-pyrrole nitrogens is 1. The van der Waals surface area contributed by atoms with Crippen LogP contribution >= 0.6 is 0 Å². The molecule has 11 heteroatoms. The number of piperidine rings is 2. The predicted molar refractivity (Wildman–Crippen MR) is 187 cm³/mol. The molecule has 7 rings (SSSR count). The molecule has 0 radical (unpaired) electrons. The summed E-state index contributed by atoms with van der Waals surface area (Å²) in [7, 11) is 0. The van der Waals surface area contributed by atoms with E-state index in [1.165, 1.54) is 5.56 Å². The zero-order valence-corrected chi connectivity index (χ0v) is 28.3. The number of rotatable bonds is 8. The van der Waals surface area contributed by atoms with Gasteiger partial charge in [0.2, 0.25) is 11.8 Å². The van der Waals surface area contributed by atoms with Gasteiger partial charge in [-0.05, 0) is 86.9 Å². The highest BCUT2D eigenvalue weighted by Crippen LogP contribution is 2.28. The second kappa shape index (κ2) is 14.7. The standard InChI is InChI=1S/C37H50N8O3/c1-2-27-21-26(23-30-25-39-41-35(27)30)22-29(36(47)44-19-17-42(18-20-44)31-7-12-38-13-8-31)24-34(46)43-14-10-32(11-15-43)45-16-9-28-5-3-4-6-33(28)40-37(45)48/h3-6,21,23,25,29,31-32,38H,2,7-20,22,24H2,1H3,(H,39,41)(H,40,48). The van der Waals surface area contributed by atoms with E-state index in [1.807, 2.05) is 39.1 Å². The molecule has 0 bridgehead atoms. The quantitative estimate of drug-likeness (QED) is 0.342. The number of aryl methyl sites for hydroxylation is 1. The molecular weight excluding hydrogens is 604 g/mol. The Labute approximate surface area is 283 Å². The lowest BCUT2D eigenvalue weighted by Gasteiger charge is -2.42. The first-order chi connectivity index (χ1) is 23.5. The maximum Gasteiger partial charge on any atom is 0.322 e. The van der Waals surface area contributed by atoms with Crippen molar-refractivity contribution < 1.29 is 14.4 Å². The molecule has 1 aromatic heterocycles. The first-order valence-electron chi connectivity index (χ1n) is 18.1. The number of fused-ring (bicyclic) bond motifs is 2. The topological polar surface area (TPSA) is 117 Å². The van der Waals surface area contributed by atoms with Crippen molar-refractivity contribution in [2.45, 2.75) is 70.4 Å². The fourth-order valence-electron chi connectivity index (χ4n) is 8.37. The van der Waals surface area contributed by atoms with Crippen LogP contribution in [0, 0.1) is 5.92 Å². The lowest BCUT2D eigenvalue weighted by atomic mass is 9.91. The Morgan fingerprint density at radius 3 is 2.46 bits per heavy atom. The molecule has 1 atom stereocenters. The molecule has 5 heterocycles. The number of urea groups is 1. The molecule has 3 saturated heterocycles. The van der Waals surface area contributed by atoms with Gasteiger partial charge in [0.1, 0.15) is 0 Å². The van der Waals surface area contributed by atoms with E-state index in [0.29, 0.717) is 45.2 Å². The lowest BCUT2D eigenvalue weighted by Crippen LogP contribution is -2.55. The maximum absolute atomic E-state index is 14.2. The van der Waals surface area contributed by atoms with Gasteiger partial charge >= 0.3 is 6.03 Å². The first kappa shape index (κ1) is 32.6. The third-order valence-electron chi connectivity index (χ3n) is 11.2. The van der Waals surface area contributed by atoms with Crippen LogP contribution in [-0.2, 0) is 28.9 Å². The summed E-state index contributed by atoms with van der Waals surface area (Å²) in [5.74, 6) is -0.299. The van der Waals surface area contributed by atoms with E-state index in [9.17, 15) is 14.4 Å². The molecule has 4 amide bonds. The fourth-order valence-corrected chi connectivity index (χ4v) is 8.37. The second-order valence-electron chi connectivity index (χ2n) is 14.0. The molecule has 0 aliphatic carbocycles. The van der Waals surface area contributed by atoms with Crippen molar-refractivity contribution in [2.24, 2.45) is 5.92 Å². The lowest BCUT2D eigenvalue weighted by molar-refractivity contribution is -0.143. The summed E-state index contributed by atoms with van der Waals surface area (Å²) in [4.78, 5) is 49.7. The summed E-state index contributed by atoms with van der Waals surface area (Å²) in [5.41, 5.74) is 5.34. The van der Waals surface area contributed by atoms with Crippen LogP contribution in [0.1, 0.15) is 55.7 Å². The van der Waals surface area contributed by atoms with Gasteiger partial charge in [-0.15, -0.1) is 0 Å². The summed E-state index contributed by atoms with van der Waals surface area (Å²) < 4.78 is 0. The molecule has 2 aromatic carbocycles. The van der Waals surface area contributed by atoms with Crippen molar-refractivity contribution in [3.8, 4) is 0 Å². The summed E-state index contributed by atoms with van der Waals surface area (Å²) in [5, 5.41) is 15.0. The van der Waals surface area contributed by atoms with Crippen LogP contribution in [-0.4, -0.2) is 119 Å². The van der Waals surface area contributed by atoms with Crippen molar-refractivity contribution in [3.63, 3.8) is 0 Å². The molecule has 11 nitrogen and oxygen atoms in total. The van der Waals surface area contributed by atoms with Gasteiger partial charge in [-0.1, -0.05) is 31.2 Å². The zero-order valence-electron chi connectivity index (χ0n) is 28.3. The van der Waals surface area contributed by atoms with E-state index < -0.39 is 5.92 Å². The molecule has 48 heavy (non-hydrogen) atoms. The molecule has 1 unspecified atom stereocenters. The number of amides is 4. The van der Waals surface area contributed by atoms with Crippen LogP contribution in [0.15, 0.2) is 42.6 Å². The van der Waals surface area contributed by atoms with Crippen molar-refractivity contribution in [1.29, 1.82) is 0 Å². The number of aromatic amines is 1. The Bertz CT molecular complexity index is 1600. The average Bonchev–Trinajstić information content (AvgIpc) is 3.54. The number of hydrogen-bond acceptors (Lipinski definition) is 6. The normalized spacial score (nSPS) is 20.8. The van der Waals surface area contributed by atoms with E-state index in [-0.39, 0.29) is 30.3 Å². The van der Waals surface area contributed by atoms with Gasteiger partial charge in [-0.25, -0.2) is 4.79 Å². The molecule has 4 aliphatic heterocycles. The minimum atomic E-state index is -0.426. The van der Waals surface area contributed by atoms with E-state index in [2.05, 4.69) is 50.9 Å². The van der Waals surface area contributed by atoms with E-state index in [1.54, 1.807) is 0 Å². The summed E-state index contributed by atoms with van der Waals surface area (Å²) in [6.07, 6.45) is 8.04. The van der Waals surface area contributed by atoms with Crippen LogP contribution in [0.3, 0.4) is 0 Å². The van der Waals surface area contributed by atoms with Gasteiger partial charge in [0, 0.05) is 75.4 Å². The summed E-state index contributed by atoms with van der Waals surface area (Å²) >= 11 is 0. The number of carbonyl (C=O) groups is 3. The SMILES string of the molecule is CCc1cc(CC(CC(=O)N2CCC(N3CCc4ccccc4NC3=O)CC2)C(=O)N2CCN(C3CCNCC3)CC2)cc2cn[nH]c12. The van der Waals surface area contributed by atoms with Gasteiger partial charge < -0.3 is 25.3 Å². The Morgan fingerprint density at radius 2 is 1.69 bits per heavy atom. The van der Waals surface area contributed by atoms with Crippen LogP contribution in [0.5, 0.6) is 0 Å². The van der Waals surface area contributed by atoms with Crippen LogP contribution in [0.25, 0.3) is 10.9 Å². The van der Waals surface area contributed by atoms with Gasteiger partial charge in [-0.2, -0.15) is 5.10 Å². The smallest absolute Gasteiger partial charge is 0.322 e. The second-order valence-corrected chi connectivity index (χ2v) is 14.0. The minimum absolute atomic E-state index is 0.0352. The number of anilines is 1. The molecule has 0 spiro atoms. The number of piperazine rings is 1. The average molecular weight is 655 g/mol. The molecule has 3 aromatic rings. The Kier molecular flexibility index (Phi) is 9.95. The number of carbonyl (C=O) groups excluding carboxylic acids is 3. The van der Waals surface area contributed by atoms with E-state index in [0.717, 1.165) is 92.4 Å². The molecule has 4 aliphatic rings. The number of hydrogen-bond donors (Lipinski definition) is 3. The molecule has 3 N–H and O–H groups in total. The largest absolute Gasteiger partial charge is 0.343 e. The predicted octanol–water partition coefficient (Wildman–Crippen LogP) is 3.65. The van der Waals surface area contributed by atoms with Gasteiger partial charge in [-0.3, -0.25) is 19.6 Å². The van der Waals surface area contributed by atoms with E-state index >= 15 is 0 Å². The highest BCUT2D eigenvalue weighted by molar-refractivity contribution is 5.91. The van der Waals surface area contributed by atoms with Crippen molar-refractivity contribution >= 4 is 34.4 Å². The number of nitrogens with one attached hydrogen (secondary N) is 3. The van der Waals surface area contributed by atoms with Crippen molar-refractivity contribution in [3.05, 3.63) is 59.3 Å². The summed E-state index contributed by atoms with van der Waals surface area (Å²) in [6.45, 7) is 9.31. The highest BCUT2D eigenvalue weighted by Gasteiger charge is 2.35. The Balaban J connectivity index is 1.01. The molecular formula is C37H50N8O3. The third-order valence-corrected chi connectivity index (χ3v) is 11.2. The highest BCUT2D eigenvalue weighted by atomic mass is 16.2. The van der Waals surface area contributed by atoms with Gasteiger partial charge in [0.15, 0.2) is 0 Å². The fraction of sp³-hybridized carbons (Fsp3) is 0.568. The number of nitrogens with zero attached hydrogens (tertiary/aromatic N) is 5. The molecule has 3 fully saturated rings. The minimum Gasteiger partial charge on any atom is -0.343 e. The Hall–Kier alpha value is -3.96. The van der Waals surface area contributed by atoms with Crippen LogP contribution in [0.4, 0.5) is 10.5 Å². The van der Waals surface area contributed by atoms with Gasteiger partial charge in [0.05, 0.1) is 17.6 Å². The maximum atomic E-state index is 14.2. The Morgan fingerprint density at radius 1 is 0.917 bits per heavy atom. The zero-order chi connectivity index (χ0) is 33.0. The van der Waals surface area contributed by atoms with Crippen molar-refractivity contribution in [2.75, 3.05) is 64.2 Å². The van der Waals surface area contributed by atoms with E-state index in [4.69, 9.17) is 0 Å².